The molecule has 0 aliphatic carbocycles. The zero-order chi connectivity index (χ0) is 19.2. The molecule has 8 nitrogen and oxygen atoms in total. The number of urea groups is 1. The monoisotopic (exact) mass is 520 g/mol. The molecule has 2 N–H and O–H groups in total. The van der Waals surface area contributed by atoms with Crippen LogP contribution in [-0.4, -0.2) is 85.5 Å². The van der Waals surface area contributed by atoms with Crippen molar-refractivity contribution < 1.29 is 9.59 Å². The molecule has 0 aromatic heterocycles. The first-order valence-electron chi connectivity index (χ1n) is 9.07. The van der Waals surface area contributed by atoms with E-state index in [0.29, 0.717) is 13.1 Å². The Morgan fingerprint density at radius 1 is 1.18 bits per heavy atom. The number of nitrogens with zero attached hydrogens (tertiary/aromatic N) is 4. The second-order valence-corrected chi connectivity index (χ2v) is 7.00. The average Bonchev–Trinajstić information content (AvgIpc) is 3.00. The lowest BCUT2D eigenvalue weighted by molar-refractivity contribution is -0.124. The molecule has 1 aromatic rings. The van der Waals surface area contributed by atoms with Crippen LogP contribution in [0.2, 0.25) is 5.02 Å². The minimum absolute atomic E-state index is 0. The van der Waals surface area contributed by atoms with Gasteiger partial charge in [-0.25, -0.2) is 4.79 Å². The summed E-state index contributed by atoms with van der Waals surface area (Å²) in [5.41, 5.74) is 1.25. The lowest BCUT2D eigenvalue weighted by atomic mass is 10.2. The number of imide groups is 1. The highest BCUT2D eigenvalue weighted by Gasteiger charge is 2.28. The Kier molecular flexibility index (Phi) is 8.77. The Balaban J connectivity index is 0.00000280. The van der Waals surface area contributed by atoms with E-state index in [2.05, 4.69) is 37.6 Å². The van der Waals surface area contributed by atoms with Crippen LogP contribution in [0.5, 0.6) is 0 Å². The Morgan fingerprint density at radius 2 is 1.86 bits per heavy atom. The van der Waals surface area contributed by atoms with Crippen LogP contribution in [0.15, 0.2) is 29.3 Å². The van der Waals surface area contributed by atoms with Crippen molar-refractivity contribution in [3.05, 3.63) is 34.9 Å². The molecular weight excluding hydrogens is 495 g/mol. The highest BCUT2D eigenvalue weighted by molar-refractivity contribution is 14.0. The van der Waals surface area contributed by atoms with Gasteiger partial charge in [0.15, 0.2) is 5.96 Å². The number of hydrogen-bond acceptors (Lipinski definition) is 4. The molecule has 0 unspecified atom stereocenters. The van der Waals surface area contributed by atoms with Crippen molar-refractivity contribution >= 4 is 53.5 Å². The SMILES string of the molecule is CN=C(NCCN1C(=O)CNC1=O)N1CCN(Cc2ccc(Cl)cc2)CC1.I. The highest BCUT2D eigenvalue weighted by Crippen LogP contribution is 2.13. The third kappa shape index (κ3) is 5.95. The average molecular weight is 521 g/mol. The van der Waals surface area contributed by atoms with Gasteiger partial charge >= 0.3 is 6.03 Å². The molecule has 3 rings (SSSR count). The quantitative estimate of drug-likeness (QED) is 0.264. The first kappa shape index (κ1) is 22.7. The van der Waals surface area contributed by atoms with Gasteiger partial charge in [-0.3, -0.25) is 19.6 Å². The van der Waals surface area contributed by atoms with Gasteiger partial charge in [0.05, 0.1) is 6.54 Å². The van der Waals surface area contributed by atoms with Crippen LogP contribution in [0.25, 0.3) is 0 Å². The van der Waals surface area contributed by atoms with E-state index < -0.39 is 0 Å². The molecule has 1 aromatic carbocycles. The molecular formula is C18H26ClIN6O2. The van der Waals surface area contributed by atoms with Crippen molar-refractivity contribution in [1.82, 2.24) is 25.3 Å². The lowest BCUT2D eigenvalue weighted by Crippen LogP contribution is -2.53. The van der Waals surface area contributed by atoms with Gasteiger partial charge in [-0.2, -0.15) is 0 Å². The minimum atomic E-state index is -0.326. The number of guanidine groups is 1. The summed E-state index contributed by atoms with van der Waals surface area (Å²) in [6.45, 7) is 5.43. The maximum atomic E-state index is 11.6. The fraction of sp³-hybridized carbons (Fsp3) is 0.500. The number of halogens is 2. The third-order valence-corrected chi connectivity index (χ3v) is 5.01. The predicted molar refractivity (Wildman–Crippen MR) is 120 cm³/mol. The molecule has 0 bridgehead atoms. The molecule has 2 saturated heterocycles. The summed E-state index contributed by atoms with van der Waals surface area (Å²) in [5.74, 6) is 0.612. The fourth-order valence-corrected chi connectivity index (χ4v) is 3.39. The van der Waals surface area contributed by atoms with E-state index in [4.69, 9.17) is 11.6 Å². The van der Waals surface area contributed by atoms with Crippen LogP contribution in [0.4, 0.5) is 4.79 Å². The molecule has 2 aliphatic rings. The van der Waals surface area contributed by atoms with E-state index in [1.165, 1.54) is 10.5 Å². The third-order valence-electron chi connectivity index (χ3n) is 4.76. The van der Waals surface area contributed by atoms with Gasteiger partial charge in [0.1, 0.15) is 0 Å². The van der Waals surface area contributed by atoms with E-state index >= 15 is 0 Å². The van der Waals surface area contributed by atoms with Gasteiger partial charge in [0.2, 0.25) is 5.91 Å². The first-order chi connectivity index (χ1) is 13.1. The zero-order valence-electron chi connectivity index (χ0n) is 15.9. The smallest absolute Gasteiger partial charge is 0.324 e. The van der Waals surface area contributed by atoms with Crippen LogP contribution in [-0.2, 0) is 11.3 Å². The van der Waals surface area contributed by atoms with Gasteiger partial charge in [-0.15, -0.1) is 24.0 Å². The topological polar surface area (TPSA) is 80.3 Å². The van der Waals surface area contributed by atoms with Gasteiger partial charge in [-0.05, 0) is 17.7 Å². The summed E-state index contributed by atoms with van der Waals surface area (Å²) in [6.07, 6.45) is 0. The van der Waals surface area contributed by atoms with Crippen LogP contribution in [0.1, 0.15) is 5.56 Å². The number of hydrogen-bond donors (Lipinski definition) is 2. The maximum absolute atomic E-state index is 11.6. The van der Waals surface area contributed by atoms with Gasteiger partial charge in [0.25, 0.3) is 0 Å². The summed E-state index contributed by atoms with van der Waals surface area (Å²) in [5, 5.41) is 6.52. The van der Waals surface area contributed by atoms with Crippen LogP contribution in [0.3, 0.4) is 0 Å². The van der Waals surface area contributed by atoms with Crippen molar-refractivity contribution in [1.29, 1.82) is 0 Å². The number of carbonyl (C=O) groups excluding carboxylic acids is 2. The molecule has 3 amide bonds. The molecule has 0 spiro atoms. The molecule has 2 aliphatic heterocycles. The van der Waals surface area contributed by atoms with Gasteiger partial charge in [0, 0.05) is 57.9 Å². The summed E-state index contributed by atoms with van der Waals surface area (Å²) in [6, 6.07) is 7.64. The van der Waals surface area contributed by atoms with Crippen LogP contribution in [0, 0.1) is 0 Å². The maximum Gasteiger partial charge on any atom is 0.324 e. The number of benzene rings is 1. The molecule has 10 heteroatoms. The predicted octanol–water partition coefficient (Wildman–Crippen LogP) is 1.20. The number of aliphatic imine (C=N–C) groups is 1. The Labute approximate surface area is 187 Å². The molecule has 2 fully saturated rings. The van der Waals surface area contributed by atoms with E-state index in [1.54, 1.807) is 7.05 Å². The summed E-state index contributed by atoms with van der Waals surface area (Å²) >= 11 is 5.94. The standard InChI is InChI=1S/C18H25ClN6O2.HI/c1-20-17(21-6-7-25-16(26)12-22-18(25)27)24-10-8-23(9-11-24)13-14-2-4-15(19)5-3-14;/h2-5H,6-13H2,1H3,(H,20,21)(H,22,27);1H. The highest BCUT2D eigenvalue weighted by atomic mass is 127. The normalized spacial score (nSPS) is 18.1. The van der Waals surface area contributed by atoms with Crippen molar-refractivity contribution in [2.75, 3.05) is 52.9 Å². The number of piperazine rings is 1. The van der Waals surface area contributed by atoms with Crippen molar-refractivity contribution in [2.45, 2.75) is 6.54 Å². The van der Waals surface area contributed by atoms with Crippen molar-refractivity contribution in [3.8, 4) is 0 Å². The summed E-state index contributed by atoms with van der Waals surface area (Å²) in [4.78, 5) is 33.3. The largest absolute Gasteiger partial charge is 0.354 e. The summed E-state index contributed by atoms with van der Waals surface area (Å²) in [7, 11) is 1.75. The summed E-state index contributed by atoms with van der Waals surface area (Å²) < 4.78 is 0. The number of nitrogens with one attached hydrogen (secondary N) is 2. The van der Waals surface area contributed by atoms with E-state index in [-0.39, 0.29) is 42.5 Å². The van der Waals surface area contributed by atoms with Crippen LogP contribution < -0.4 is 10.6 Å². The van der Waals surface area contributed by atoms with Crippen molar-refractivity contribution in [3.63, 3.8) is 0 Å². The Bertz CT molecular complexity index is 691. The molecule has 0 saturated carbocycles. The lowest BCUT2D eigenvalue weighted by Gasteiger charge is -2.36. The first-order valence-corrected chi connectivity index (χ1v) is 9.45. The van der Waals surface area contributed by atoms with Gasteiger partial charge < -0.3 is 15.5 Å². The number of carbonyl (C=O) groups is 2. The van der Waals surface area contributed by atoms with E-state index in [9.17, 15) is 9.59 Å². The molecule has 2 heterocycles. The number of rotatable bonds is 5. The molecule has 0 atom stereocenters. The number of amides is 3. The Hall–Kier alpha value is -1.59. The molecule has 0 radical (unpaired) electrons. The van der Waals surface area contributed by atoms with Crippen molar-refractivity contribution in [2.24, 2.45) is 4.99 Å². The molecule has 28 heavy (non-hydrogen) atoms. The van der Waals surface area contributed by atoms with Gasteiger partial charge in [-0.1, -0.05) is 23.7 Å². The Morgan fingerprint density at radius 3 is 2.43 bits per heavy atom. The van der Waals surface area contributed by atoms with E-state index in [1.807, 2.05) is 12.1 Å². The minimum Gasteiger partial charge on any atom is -0.354 e. The zero-order valence-corrected chi connectivity index (χ0v) is 18.9. The van der Waals surface area contributed by atoms with Crippen LogP contribution >= 0.6 is 35.6 Å². The second kappa shape index (κ2) is 10.8. The fourth-order valence-electron chi connectivity index (χ4n) is 3.26. The second-order valence-electron chi connectivity index (χ2n) is 6.57. The van der Waals surface area contributed by atoms with E-state index in [0.717, 1.165) is 43.7 Å². The molecule has 154 valence electrons.